The van der Waals surface area contributed by atoms with Gasteiger partial charge in [0.05, 0.1) is 0 Å². The molecule has 1 fully saturated rings. The van der Waals surface area contributed by atoms with E-state index >= 15 is 0 Å². The number of carboxylic acid groups (broad SMARTS) is 1. The molecule has 94 valence electrons. The molecule has 2 heterocycles. The summed E-state index contributed by atoms with van der Waals surface area (Å²) in [6, 6.07) is 2.21. The zero-order valence-corrected chi connectivity index (χ0v) is 10.6. The lowest BCUT2D eigenvalue weighted by molar-refractivity contribution is 0.0661. The maximum absolute atomic E-state index is 10.8. The van der Waals surface area contributed by atoms with E-state index in [0.29, 0.717) is 11.8 Å². The fourth-order valence-corrected chi connectivity index (χ4v) is 2.61. The Bertz CT molecular complexity index is 424. The molecule has 2 unspecified atom stereocenters. The van der Waals surface area contributed by atoms with Gasteiger partial charge in [-0.05, 0) is 32.3 Å². The van der Waals surface area contributed by atoms with E-state index in [0.717, 1.165) is 24.6 Å². The summed E-state index contributed by atoms with van der Waals surface area (Å²) in [5.74, 6) is 0.477. The fourth-order valence-electron chi connectivity index (χ4n) is 2.61. The van der Waals surface area contributed by atoms with Gasteiger partial charge in [-0.3, -0.25) is 4.90 Å². The first-order valence-electron chi connectivity index (χ1n) is 6.04. The first kappa shape index (κ1) is 12.2. The molecule has 1 aromatic heterocycles. The van der Waals surface area contributed by atoms with Gasteiger partial charge in [-0.15, -0.1) is 0 Å². The number of hydrogen-bond donors (Lipinski definition) is 1. The van der Waals surface area contributed by atoms with Crippen LogP contribution >= 0.6 is 0 Å². The average Bonchev–Trinajstić information content (AvgIpc) is 2.73. The molecule has 1 saturated heterocycles. The molecule has 4 nitrogen and oxygen atoms in total. The van der Waals surface area contributed by atoms with Crippen molar-refractivity contribution in [3.8, 4) is 0 Å². The number of rotatable bonds is 3. The molecule has 1 aliphatic rings. The van der Waals surface area contributed by atoms with Crippen molar-refractivity contribution in [2.24, 2.45) is 5.92 Å². The van der Waals surface area contributed by atoms with Crippen molar-refractivity contribution >= 4 is 5.97 Å². The van der Waals surface area contributed by atoms with Gasteiger partial charge in [0.15, 0.2) is 0 Å². The molecule has 0 bridgehead atoms. The van der Waals surface area contributed by atoms with Crippen LogP contribution in [0.2, 0.25) is 0 Å². The highest BCUT2D eigenvalue weighted by atomic mass is 16.4. The highest BCUT2D eigenvalue weighted by Crippen LogP contribution is 2.26. The Kier molecular flexibility index (Phi) is 3.24. The van der Waals surface area contributed by atoms with Gasteiger partial charge in [-0.25, -0.2) is 4.79 Å². The van der Waals surface area contributed by atoms with Crippen LogP contribution in [-0.4, -0.2) is 28.6 Å². The van der Waals surface area contributed by atoms with Crippen molar-refractivity contribution in [3.05, 3.63) is 23.2 Å². The number of furan rings is 1. The van der Waals surface area contributed by atoms with Crippen molar-refractivity contribution in [2.75, 3.05) is 6.54 Å². The van der Waals surface area contributed by atoms with E-state index in [2.05, 4.69) is 18.7 Å². The van der Waals surface area contributed by atoms with E-state index < -0.39 is 5.97 Å². The number of aryl methyl sites for hydroxylation is 1. The lowest BCUT2D eigenvalue weighted by atomic mass is 10.1. The van der Waals surface area contributed by atoms with Gasteiger partial charge in [0, 0.05) is 24.7 Å². The summed E-state index contributed by atoms with van der Waals surface area (Å²) in [6.07, 6.45) is 1.21. The third kappa shape index (κ3) is 2.52. The highest BCUT2D eigenvalue weighted by Gasteiger charge is 2.27. The van der Waals surface area contributed by atoms with Crippen LogP contribution in [0.4, 0.5) is 0 Å². The number of carbonyl (C=O) groups is 1. The van der Waals surface area contributed by atoms with E-state index in [1.807, 2.05) is 6.92 Å². The second kappa shape index (κ2) is 4.53. The summed E-state index contributed by atoms with van der Waals surface area (Å²) in [7, 11) is 0. The second-order valence-electron chi connectivity index (χ2n) is 5.12. The summed E-state index contributed by atoms with van der Waals surface area (Å²) >= 11 is 0. The van der Waals surface area contributed by atoms with Crippen LogP contribution < -0.4 is 0 Å². The van der Waals surface area contributed by atoms with Crippen molar-refractivity contribution in [3.63, 3.8) is 0 Å². The van der Waals surface area contributed by atoms with Crippen LogP contribution in [0.3, 0.4) is 0 Å². The second-order valence-corrected chi connectivity index (χ2v) is 5.12. The van der Waals surface area contributed by atoms with Gasteiger partial charge in [0.2, 0.25) is 5.76 Å². The summed E-state index contributed by atoms with van der Waals surface area (Å²) in [5, 5.41) is 8.87. The van der Waals surface area contributed by atoms with Crippen LogP contribution in [0.15, 0.2) is 10.5 Å². The van der Waals surface area contributed by atoms with Crippen LogP contribution in [0.1, 0.15) is 42.1 Å². The van der Waals surface area contributed by atoms with Crippen molar-refractivity contribution < 1.29 is 14.3 Å². The highest BCUT2D eigenvalue weighted by molar-refractivity contribution is 5.84. The van der Waals surface area contributed by atoms with E-state index in [1.54, 1.807) is 6.07 Å². The van der Waals surface area contributed by atoms with Gasteiger partial charge in [-0.2, -0.15) is 0 Å². The Morgan fingerprint density at radius 1 is 1.59 bits per heavy atom. The third-order valence-electron chi connectivity index (χ3n) is 3.52. The molecule has 0 aromatic carbocycles. The molecular formula is C13H19NO3. The van der Waals surface area contributed by atoms with E-state index in [4.69, 9.17) is 9.52 Å². The van der Waals surface area contributed by atoms with E-state index in [9.17, 15) is 4.79 Å². The molecule has 2 rings (SSSR count). The van der Waals surface area contributed by atoms with Gasteiger partial charge in [0.1, 0.15) is 5.76 Å². The number of nitrogens with zero attached hydrogens (tertiary/aromatic N) is 1. The molecule has 1 N–H and O–H groups in total. The molecular weight excluding hydrogens is 218 g/mol. The molecule has 0 amide bonds. The molecule has 4 heteroatoms. The predicted molar refractivity (Wildman–Crippen MR) is 64.1 cm³/mol. The lowest BCUT2D eigenvalue weighted by Gasteiger charge is -2.20. The van der Waals surface area contributed by atoms with Gasteiger partial charge >= 0.3 is 5.97 Å². The molecule has 1 aliphatic heterocycles. The fraction of sp³-hybridized carbons (Fsp3) is 0.615. The molecule has 17 heavy (non-hydrogen) atoms. The summed E-state index contributed by atoms with van der Waals surface area (Å²) in [4.78, 5) is 13.2. The van der Waals surface area contributed by atoms with Crippen molar-refractivity contribution in [1.29, 1.82) is 0 Å². The first-order valence-corrected chi connectivity index (χ1v) is 6.04. The smallest absolute Gasteiger partial charge is 0.371 e. The van der Waals surface area contributed by atoms with Crippen molar-refractivity contribution in [2.45, 2.75) is 39.8 Å². The maximum Gasteiger partial charge on any atom is 0.371 e. The molecule has 0 saturated carbocycles. The average molecular weight is 237 g/mol. The van der Waals surface area contributed by atoms with Crippen LogP contribution in [0, 0.1) is 12.8 Å². The Morgan fingerprint density at radius 2 is 2.29 bits per heavy atom. The van der Waals surface area contributed by atoms with Crippen LogP contribution in [0.5, 0.6) is 0 Å². The lowest BCUT2D eigenvalue weighted by Crippen LogP contribution is -2.26. The summed E-state index contributed by atoms with van der Waals surface area (Å²) < 4.78 is 5.22. The Morgan fingerprint density at radius 3 is 2.76 bits per heavy atom. The largest absolute Gasteiger partial charge is 0.475 e. The number of hydrogen-bond acceptors (Lipinski definition) is 3. The van der Waals surface area contributed by atoms with Crippen molar-refractivity contribution in [1.82, 2.24) is 4.90 Å². The van der Waals surface area contributed by atoms with Gasteiger partial charge in [-0.1, -0.05) is 6.92 Å². The van der Waals surface area contributed by atoms with E-state index in [-0.39, 0.29) is 5.76 Å². The third-order valence-corrected chi connectivity index (χ3v) is 3.52. The molecule has 2 atom stereocenters. The monoisotopic (exact) mass is 237 g/mol. The Balaban J connectivity index is 2.11. The van der Waals surface area contributed by atoms with Gasteiger partial charge < -0.3 is 9.52 Å². The minimum absolute atomic E-state index is 0.0393. The number of aromatic carboxylic acids is 1. The predicted octanol–water partition coefficient (Wildman–Crippen LogP) is 2.52. The van der Waals surface area contributed by atoms with Crippen LogP contribution in [0.25, 0.3) is 0 Å². The minimum Gasteiger partial charge on any atom is -0.475 e. The Hall–Kier alpha value is -1.29. The Labute approximate surface area is 101 Å². The van der Waals surface area contributed by atoms with Crippen LogP contribution in [-0.2, 0) is 6.54 Å². The molecule has 0 spiro atoms. The summed E-state index contributed by atoms with van der Waals surface area (Å²) in [5.41, 5.74) is 0.989. The SMILES string of the molecule is Cc1oc(C(=O)O)cc1CN1CC(C)CC1C. The quantitative estimate of drug-likeness (QED) is 0.877. The van der Waals surface area contributed by atoms with E-state index in [1.165, 1.54) is 6.42 Å². The molecule has 0 radical (unpaired) electrons. The molecule has 0 aliphatic carbocycles. The zero-order chi connectivity index (χ0) is 12.6. The molecule has 1 aromatic rings. The summed E-state index contributed by atoms with van der Waals surface area (Å²) in [6.45, 7) is 8.16. The zero-order valence-electron chi connectivity index (χ0n) is 10.6. The number of likely N-dealkylation sites (tertiary alicyclic amines) is 1. The normalized spacial score (nSPS) is 25.4. The number of carboxylic acids is 1. The topological polar surface area (TPSA) is 53.7 Å². The standard InChI is InChI=1S/C13H19NO3/c1-8-4-9(2)14(6-8)7-11-5-12(13(15)16)17-10(11)3/h5,8-9H,4,6-7H2,1-3H3,(H,15,16). The maximum atomic E-state index is 10.8. The minimum atomic E-state index is -0.998. The first-order chi connectivity index (χ1) is 7.97. The van der Waals surface area contributed by atoms with Gasteiger partial charge in [0.25, 0.3) is 0 Å².